The first kappa shape index (κ1) is 13.5. The van der Waals surface area contributed by atoms with Gasteiger partial charge in [0.05, 0.1) is 18.2 Å². The fourth-order valence-corrected chi connectivity index (χ4v) is 1.80. The molecule has 6 nitrogen and oxygen atoms in total. The Bertz CT molecular complexity index is 349. The molecule has 0 bridgehead atoms. The van der Waals surface area contributed by atoms with Crippen LogP contribution in [0.25, 0.3) is 0 Å². The number of carbonyl (C=O) groups excluding carboxylic acids is 1. The molecule has 0 amide bonds. The van der Waals surface area contributed by atoms with Crippen molar-refractivity contribution in [1.29, 1.82) is 0 Å². The van der Waals surface area contributed by atoms with Crippen LogP contribution in [0.2, 0.25) is 0 Å². The molecule has 0 aromatic rings. The van der Waals surface area contributed by atoms with E-state index in [9.17, 15) is 4.79 Å². The highest BCUT2D eigenvalue weighted by atomic mass is 16.5. The summed E-state index contributed by atoms with van der Waals surface area (Å²) in [6, 6.07) is -0.189. The van der Waals surface area contributed by atoms with E-state index in [1.807, 2.05) is 13.8 Å². The predicted molar refractivity (Wildman–Crippen MR) is 65.9 cm³/mol. The Hall–Kier alpha value is -1.56. The van der Waals surface area contributed by atoms with E-state index in [0.717, 1.165) is 18.5 Å². The highest BCUT2D eigenvalue weighted by molar-refractivity contribution is 5.94. The molecule has 96 valence electrons. The summed E-state index contributed by atoms with van der Waals surface area (Å²) in [4.78, 5) is 16.2. The molecule has 0 aromatic carbocycles. The van der Waals surface area contributed by atoms with Gasteiger partial charge in [0.1, 0.15) is 0 Å². The average molecular weight is 240 g/mol. The molecule has 4 N–H and O–H groups in total. The molecule has 0 fully saturated rings. The van der Waals surface area contributed by atoms with Gasteiger partial charge < -0.3 is 10.1 Å². The van der Waals surface area contributed by atoms with Crippen LogP contribution in [0.3, 0.4) is 0 Å². The molecular weight excluding hydrogens is 220 g/mol. The van der Waals surface area contributed by atoms with Gasteiger partial charge in [0.2, 0.25) is 5.96 Å². The predicted octanol–water partition coefficient (Wildman–Crippen LogP) is 0.415. The number of nitrogens with two attached hydrogens (primary N) is 1. The minimum Gasteiger partial charge on any atom is -0.463 e. The van der Waals surface area contributed by atoms with Gasteiger partial charge in [-0.3, -0.25) is 5.43 Å². The van der Waals surface area contributed by atoms with Crippen LogP contribution in [-0.4, -0.2) is 24.6 Å². The maximum absolute atomic E-state index is 11.8. The number of hydrogen-bond acceptors (Lipinski definition) is 6. The Morgan fingerprint density at radius 1 is 1.59 bits per heavy atom. The number of hydrogen-bond donors (Lipinski definition) is 3. The third kappa shape index (κ3) is 3.20. The molecule has 1 rings (SSSR count). The smallest absolute Gasteiger partial charge is 0.337 e. The largest absolute Gasteiger partial charge is 0.463 e. The number of carbonyl (C=O) groups is 1. The van der Waals surface area contributed by atoms with Crippen molar-refractivity contribution in [3.8, 4) is 0 Å². The molecule has 0 saturated carbocycles. The first-order chi connectivity index (χ1) is 8.13. The van der Waals surface area contributed by atoms with Gasteiger partial charge >= 0.3 is 5.97 Å². The van der Waals surface area contributed by atoms with E-state index in [-0.39, 0.29) is 12.0 Å². The summed E-state index contributed by atoms with van der Waals surface area (Å²) in [5, 5.41) is 2.94. The first-order valence-corrected chi connectivity index (χ1v) is 5.83. The monoisotopic (exact) mass is 240 g/mol. The van der Waals surface area contributed by atoms with E-state index in [4.69, 9.17) is 10.6 Å². The SMILES string of the molecule is CCC[C@@H]1N=C(NN)NC(C)=C1C(=O)OCC. The summed E-state index contributed by atoms with van der Waals surface area (Å²) in [5.41, 5.74) is 3.80. The zero-order valence-electron chi connectivity index (χ0n) is 10.5. The Morgan fingerprint density at radius 3 is 2.82 bits per heavy atom. The highest BCUT2D eigenvalue weighted by Gasteiger charge is 2.27. The topological polar surface area (TPSA) is 88.7 Å². The number of aliphatic imine (C=N–C) groups is 1. The second-order valence-electron chi connectivity index (χ2n) is 3.81. The molecular formula is C11H20N4O2. The van der Waals surface area contributed by atoms with Crippen LogP contribution < -0.4 is 16.6 Å². The summed E-state index contributed by atoms with van der Waals surface area (Å²) in [7, 11) is 0. The van der Waals surface area contributed by atoms with E-state index in [0.29, 0.717) is 18.1 Å². The number of ether oxygens (including phenoxy) is 1. The Morgan fingerprint density at radius 2 is 2.29 bits per heavy atom. The summed E-state index contributed by atoms with van der Waals surface area (Å²) in [6.07, 6.45) is 1.72. The summed E-state index contributed by atoms with van der Waals surface area (Å²) >= 11 is 0. The second-order valence-corrected chi connectivity index (χ2v) is 3.81. The van der Waals surface area contributed by atoms with Crippen molar-refractivity contribution in [2.24, 2.45) is 10.8 Å². The van der Waals surface area contributed by atoms with Gasteiger partial charge in [-0.15, -0.1) is 0 Å². The summed E-state index contributed by atoms with van der Waals surface area (Å²) in [6.45, 7) is 6.02. The van der Waals surface area contributed by atoms with Gasteiger partial charge in [-0.05, 0) is 20.3 Å². The highest BCUT2D eigenvalue weighted by Crippen LogP contribution is 2.20. The maximum atomic E-state index is 11.8. The molecule has 0 aliphatic carbocycles. The van der Waals surface area contributed by atoms with E-state index in [2.05, 4.69) is 15.7 Å². The Kier molecular flexibility index (Phi) is 4.96. The van der Waals surface area contributed by atoms with Crippen LogP contribution in [0, 0.1) is 0 Å². The Balaban J connectivity index is 2.94. The van der Waals surface area contributed by atoms with Crippen molar-refractivity contribution < 1.29 is 9.53 Å². The molecule has 0 unspecified atom stereocenters. The average Bonchev–Trinajstić information content (AvgIpc) is 2.29. The van der Waals surface area contributed by atoms with E-state index in [1.165, 1.54) is 0 Å². The van der Waals surface area contributed by atoms with Crippen molar-refractivity contribution >= 4 is 11.9 Å². The second kappa shape index (κ2) is 6.24. The molecule has 0 radical (unpaired) electrons. The molecule has 1 heterocycles. The van der Waals surface area contributed by atoms with Crippen molar-refractivity contribution in [3.63, 3.8) is 0 Å². The van der Waals surface area contributed by atoms with Gasteiger partial charge in [0.15, 0.2) is 0 Å². The third-order valence-electron chi connectivity index (χ3n) is 2.52. The van der Waals surface area contributed by atoms with Gasteiger partial charge in [-0.1, -0.05) is 13.3 Å². The number of esters is 1. The zero-order valence-corrected chi connectivity index (χ0v) is 10.5. The van der Waals surface area contributed by atoms with Crippen molar-refractivity contribution in [2.75, 3.05) is 6.61 Å². The maximum Gasteiger partial charge on any atom is 0.337 e. The standard InChI is InChI=1S/C11H20N4O2/c1-4-6-8-9(10(16)17-5-2)7(3)13-11(14-8)15-12/h8H,4-6,12H2,1-3H3,(H2,13,14,15)/t8-/m0/s1. The number of hydrazine groups is 1. The lowest BCUT2D eigenvalue weighted by Crippen LogP contribution is -2.45. The van der Waals surface area contributed by atoms with Gasteiger partial charge in [0.25, 0.3) is 0 Å². The van der Waals surface area contributed by atoms with Crippen molar-refractivity contribution in [2.45, 2.75) is 39.7 Å². The lowest BCUT2D eigenvalue weighted by atomic mass is 10.00. The minimum absolute atomic E-state index is 0.189. The molecule has 17 heavy (non-hydrogen) atoms. The third-order valence-corrected chi connectivity index (χ3v) is 2.52. The van der Waals surface area contributed by atoms with E-state index >= 15 is 0 Å². The number of rotatable bonds is 4. The first-order valence-electron chi connectivity index (χ1n) is 5.83. The molecule has 1 atom stereocenters. The van der Waals surface area contributed by atoms with Crippen LogP contribution in [-0.2, 0) is 9.53 Å². The lowest BCUT2D eigenvalue weighted by molar-refractivity contribution is -0.138. The van der Waals surface area contributed by atoms with Gasteiger partial charge in [-0.25, -0.2) is 15.6 Å². The van der Waals surface area contributed by atoms with Crippen LogP contribution >= 0.6 is 0 Å². The van der Waals surface area contributed by atoms with Crippen LogP contribution in [0.15, 0.2) is 16.3 Å². The van der Waals surface area contributed by atoms with Crippen molar-refractivity contribution in [3.05, 3.63) is 11.3 Å². The van der Waals surface area contributed by atoms with Crippen LogP contribution in [0.5, 0.6) is 0 Å². The van der Waals surface area contributed by atoms with Gasteiger partial charge in [-0.2, -0.15) is 0 Å². The van der Waals surface area contributed by atoms with E-state index < -0.39 is 0 Å². The molecule has 0 spiro atoms. The minimum atomic E-state index is -0.309. The fourth-order valence-electron chi connectivity index (χ4n) is 1.80. The fraction of sp³-hybridized carbons (Fsp3) is 0.636. The molecule has 0 aromatic heterocycles. The number of allylic oxidation sites excluding steroid dienone is 1. The normalized spacial score (nSPS) is 19.5. The quantitative estimate of drug-likeness (QED) is 0.376. The molecule has 6 heteroatoms. The van der Waals surface area contributed by atoms with Crippen molar-refractivity contribution in [1.82, 2.24) is 10.7 Å². The van der Waals surface area contributed by atoms with Gasteiger partial charge in [0, 0.05) is 5.70 Å². The summed E-state index contributed by atoms with van der Waals surface area (Å²) < 4.78 is 5.04. The number of nitrogens with zero attached hydrogens (tertiary/aromatic N) is 1. The summed E-state index contributed by atoms with van der Waals surface area (Å²) in [5.74, 6) is 5.49. The number of nitrogens with one attached hydrogen (secondary N) is 2. The van der Waals surface area contributed by atoms with Crippen LogP contribution in [0.4, 0.5) is 0 Å². The molecule has 1 aliphatic rings. The molecule has 0 saturated heterocycles. The number of guanidine groups is 1. The molecule has 1 aliphatic heterocycles. The zero-order chi connectivity index (χ0) is 12.8. The Labute approximate surface area is 101 Å². The van der Waals surface area contributed by atoms with Crippen LogP contribution in [0.1, 0.15) is 33.6 Å². The van der Waals surface area contributed by atoms with E-state index in [1.54, 1.807) is 6.92 Å². The lowest BCUT2D eigenvalue weighted by Gasteiger charge is -2.24.